The van der Waals surface area contributed by atoms with Crippen molar-refractivity contribution in [3.05, 3.63) is 172 Å². The number of anilines is 5. The monoisotopic (exact) mass is 1110 g/mol. The van der Waals surface area contributed by atoms with Crippen LogP contribution in [0.25, 0.3) is 44.5 Å². The van der Waals surface area contributed by atoms with Crippen LogP contribution in [-0.4, -0.2) is 24.9 Å². The van der Waals surface area contributed by atoms with Gasteiger partial charge >= 0.3 is 0 Å². The highest BCUT2D eigenvalue weighted by molar-refractivity contribution is 6.15. The minimum Gasteiger partial charge on any atom is -0.310 e. The smallest absolute Gasteiger partial charge is 0.247 e. The van der Waals surface area contributed by atoms with Crippen molar-refractivity contribution in [2.24, 2.45) is 0 Å². The summed E-state index contributed by atoms with van der Waals surface area (Å²) in [4.78, 5) is 32.6. The molecule has 0 saturated carbocycles. The Morgan fingerprint density at radius 1 is 0.241 bits per heavy atom. The Hall–Kier alpha value is -6.72. The molecular weight excluding hydrogens is 1010 g/mol. The third-order valence-corrected chi connectivity index (χ3v) is 17.1. The number of carbonyl (C=O) groups is 2. The van der Waals surface area contributed by atoms with Crippen LogP contribution in [0, 0.1) is 0 Å². The van der Waals surface area contributed by atoms with Crippen molar-refractivity contribution in [3.8, 4) is 44.5 Å². The lowest BCUT2D eigenvalue weighted by molar-refractivity contribution is -0.110. The molecular formula is C78H97N3O2. The van der Waals surface area contributed by atoms with Crippen LogP contribution in [-0.2, 0) is 52.9 Å². The Morgan fingerprint density at radius 3 is 0.578 bits per heavy atom. The van der Waals surface area contributed by atoms with Gasteiger partial charge in [-0.15, -0.1) is 0 Å². The quantitative estimate of drug-likeness (QED) is 0.135. The van der Waals surface area contributed by atoms with Crippen molar-refractivity contribution in [3.63, 3.8) is 0 Å². The molecule has 0 N–H and O–H groups in total. The molecule has 7 aromatic carbocycles. The minimum atomic E-state index is -0.113. The second kappa shape index (κ2) is 20.5. The average Bonchev–Trinajstić information content (AvgIpc) is 4.47. The van der Waals surface area contributed by atoms with E-state index in [9.17, 15) is 9.59 Å². The molecule has 0 spiro atoms. The number of hydrogen-bond acceptors (Lipinski definition) is 3. The number of carbonyl (C=O) groups excluding carboxylic acids is 2. The predicted octanol–water partition coefficient (Wildman–Crippen LogP) is 20.9. The molecule has 9 rings (SSSR count). The zero-order valence-corrected chi connectivity index (χ0v) is 55.2. The summed E-state index contributed by atoms with van der Waals surface area (Å²) in [5, 5.41) is 0. The van der Waals surface area contributed by atoms with Gasteiger partial charge in [0.15, 0.2) is 0 Å². The van der Waals surface area contributed by atoms with Crippen LogP contribution < -0.4 is 14.7 Å². The van der Waals surface area contributed by atoms with E-state index in [2.05, 4.69) is 292 Å². The number of rotatable bonds is 9. The number of amides is 2. The van der Waals surface area contributed by atoms with E-state index in [1.165, 1.54) is 44.5 Å². The van der Waals surface area contributed by atoms with Crippen molar-refractivity contribution in [1.29, 1.82) is 0 Å². The molecule has 0 unspecified atom stereocenters. The summed E-state index contributed by atoms with van der Waals surface area (Å²) >= 11 is 0. The zero-order valence-electron chi connectivity index (χ0n) is 55.2. The summed E-state index contributed by atoms with van der Waals surface area (Å²) in [5.41, 5.74) is 22.8. The van der Waals surface area contributed by atoms with Gasteiger partial charge in [-0.25, -0.2) is 0 Å². The Balaban J connectivity index is 1.47. The van der Waals surface area contributed by atoms with Crippen LogP contribution in [0.2, 0.25) is 0 Å². The fraction of sp³-hybridized carbons (Fsp3) is 0.436. The standard InChI is InChI=1S/C78H97N3O2/c1-71(2,3)56-27-52(28-57(39-56)72(4,5)6)48-25-49(53-29-58(73(7,8)9)40-59(30-53)74(10,11)12)36-66(35-48)81(68-44-64(79-46-69(79)82)43-65(45-68)80-47-70(80)83)67-37-50(54-31-60(75(13,14)15)41-61(32-54)76(16,17)18)26-51(38-67)55-33-62(77(19,20)21)42-63(34-55)78(22,23)24/h25-45H,46-47H2,1-24H3. The molecule has 0 aliphatic carbocycles. The first-order valence-corrected chi connectivity index (χ1v) is 30.4. The molecule has 5 heteroatoms. The summed E-state index contributed by atoms with van der Waals surface area (Å²) in [6.45, 7) is 56.2. The fourth-order valence-corrected chi connectivity index (χ4v) is 10.9. The largest absolute Gasteiger partial charge is 0.310 e. The highest BCUT2D eigenvalue weighted by Gasteiger charge is 2.37. The molecule has 5 nitrogen and oxygen atoms in total. The summed E-state index contributed by atoms with van der Waals surface area (Å²) in [6, 6.07) is 49.6. The van der Waals surface area contributed by atoms with Gasteiger partial charge in [-0.2, -0.15) is 0 Å². The highest BCUT2D eigenvalue weighted by Crippen LogP contribution is 2.49. The van der Waals surface area contributed by atoms with E-state index in [-0.39, 0.29) is 55.1 Å². The van der Waals surface area contributed by atoms with E-state index in [1.54, 1.807) is 0 Å². The summed E-state index contributed by atoms with van der Waals surface area (Å²) in [5.74, 6) is 0.128. The van der Waals surface area contributed by atoms with Crippen LogP contribution >= 0.6 is 0 Å². The summed E-state index contributed by atoms with van der Waals surface area (Å²) < 4.78 is 0. The second-order valence-corrected chi connectivity index (χ2v) is 32.7. The van der Waals surface area contributed by atoms with Gasteiger partial charge < -0.3 is 14.7 Å². The number of nitrogens with zero attached hydrogens (tertiary/aromatic N) is 3. The molecule has 0 radical (unpaired) electrons. The normalized spacial score (nSPS) is 14.7. The van der Waals surface area contributed by atoms with Gasteiger partial charge in [-0.3, -0.25) is 9.59 Å². The van der Waals surface area contributed by atoms with Gasteiger partial charge in [0.25, 0.3) is 0 Å². The molecule has 2 aliphatic rings. The van der Waals surface area contributed by atoms with E-state index in [0.717, 1.165) is 72.9 Å². The molecule has 0 aromatic heterocycles. The predicted molar refractivity (Wildman–Crippen MR) is 357 cm³/mol. The molecule has 2 heterocycles. The van der Waals surface area contributed by atoms with Gasteiger partial charge in [0.2, 0.25) is 11.8 Å². The van der Waals surface area contributed by atoms with Gasteiger partial charge in [-0.1, -0.05) is 239 Å². The number of benzene rings is 7. The molecule has 2 amide bonds. The molecule has 436 valence electrons. The maximum Gasteiger partial charge on any atom is 0.247 e. The first-order chi connectivity index (χ1) is 37.9. The maximum atomic E-state index is 13.3. The van der Waals surface area contributed by atoms with Crippen molar-refractivity contribution in [1.82, 2.24) is 0 Å². The lowest BCUT2D eigenvalue weighted by Crippen LogP contribution is -2.17. The first kappa shape index (κ1) is 60.9. The third-order valence-electron chi connectivity index (χ3n) is 17.1. The van der Waals surface area contributed by atoms with Crippen LogP contribution in [0.3, 0.4) is 0 Å². The van der Waals surface area contributed by atoms with Crippen molar-refractivity contribution in [2.45, 2.75) is 209 Å². The molecule has 2 saturated heterocycles. The lowest BCUT2D eigenvalue weighted by atomic mass is 9.78. The van der Waals surface area contributed by atoms with E-state index in [0.29, 0.717) is 13.1 Å². The molecule has 0 atom stereocenters. The summed E-state index contributed by atoms with van der Waals surface area (Å²) in [6.07, 6.45) is 0. The van der Waals surface area contributed by atoms with E-state index >= 15 is 0 Å². The zero-order chi connectivity index (χ0) is 61.3. The highest BCUT2D eigenvalue weighted by atomic mass is 16.2. The van der Waals surface area contributed by atoms with Crippen LogP contribution in [0.1, 0.15) is 211 Å². The maximum absolute atomic E-state index is 13.3. The topological polar surface area (TPSA) is 43.4 Å². The lowest BCUT2D eigenvalue weighted by Gasteiger charge is -2.31. The third kappa shape index (κ3) is 13.5. The van der Waals surface area contributed by atoms with E-state index in [1.807, 2.05) is 15.9 Å². The second-order valence-electron chi connectivity index (χ2n) is 32.7. The van der Waals surface area contributed by atoms with Gasteiger partial charge in [-0.05, 0) is 187 Å². The molecule has 2 fully saturated rings. The molecule has 0 bridgehead atoms. The minimum absolute atomic E-state index is 0.0638. The van der Waals surface area contributed by atoms with Crippen molar-refractivity contribution in [2.75, 3.05) is 27.8 Å². The number of hydrogen-bond donors (Lipinski definition) is 0. The van der Waals surface area contributed by atoms with Gasteiger partial charge in [0, 0.05) is 22.7 Å². The van der Waals surface area contributed by atoms with Gasteiger partial charge in [0.05, 0.1) is 5.69 Å². The summed E-state index contributed by atoms with van der Waals surface area (Å²) in [7, 11) is 0. The van der Waals surface area contributed by atoms with Crippen LogP contribution in [0.4, 0.5) is 28.4 Å². The molecule has 83 heavy (non-hydrogen) atoms. The van der Waals surface area contributed by atoms with E-state index < -0.39 is 0 Å². The van der Waals surface area contributed by atoms with Crippen molar-refractivity contribution < 1.29 is 9.59 Å². The Morgan fingerprint density at radius 2 is 0.410 bits per heavy atom. The Kier molecular flexibility index (Phi) is 15.0. The van der Waals surface area contributed by atoms with E-state index in [4.69, 9.17) is 0 Å². The average molecular weight is 1110 g/mol. The Labute approximate surface area is 501 Å². The van der Waals surface area contributed by atoms with Crippen molar-refractivity contribution >= 4 is 40.3 Å². The first-order valence-electron chi connectivity index (χ1n) is 30.4. The van der Waals surface area contributed by atoms with Gasteiger partial charge in [0.1, 0.15) is 13.1 Å². The Bertz CT molecular complexity index is 3140. The molecule has 2 aliphatic heterocycles. The molecule has 7 aromatic rings. The van der Waals surface area contributed by atoms with Crippen LogP contribution in [0.15, 0.2) is 127 Å². The SMILES string of the molecule is CC(C)(C)c1cc(-c2cc(-c3cc(C(C)(C)C)cc(C(C)(C)C)c3)cc(N(c3cc(-c4cc(C(C)(C)C)cc(C(C)(C)C)c4)cc(-c4cc(C(C)(C)C)cc(C(C)(C)C)c4)c3)c3cc(N4CC4=O)cc(N4CC4=O)c3)c2)cc(C(C)(C)C)c1. The van der Waals surface area contributed by atoms with Crippen LogP contribution in [0.5, 0.6) is 0 Å². The fourth-order valence-electron chi connectivity index (χ4n) is 10.9.